The van der Waals surface area contributed by atoms with Gasteiger partial charge in [0.15, 0.2) is 0 Å². The lowest BCUT2D eigenvalue weighted by atomic mass is 9.95. The number of aryl methyl sites for hydroxylation is 1. The molecule has 0 saturated heterocycles. The minimum atomic E-state index is -0.798. The third-order valence-corrected chi connectivity index (χ3v) is 2.53. The van der Waals surface area contributed by atoms with Crippen LogP contribution in [0.25, 0.3) is 0 Å². The summed E-state index contributed by atoms with van der Waals surface area (Å²) >= 11 is 0. The maximum Gasteiger partial charge on any atom is 0.105 e. The number of rotatable bonds is 5. The second-order valence-corrected chi connectivity index (χ2v) is 3.97. The van der Waals surface area contributed by atoms with Crippen LogP contribution >= 0.6 is 0 Å². The first-order valence-corrected chi connectivity index (χ1v) is 5.15. The fourth-order valence-corrected chi connectivity index (χ4v) is 1.62. The number of aliphatic hydroxyl groups is 1. The van der Waals surface area contributed by atoms with Gasteiger partial charge in [-0.3, -0.25) is 0 Å². The predicted octanol–water partition coefficient (Wildman–Crippen LogP) is 1.60. The Kier molecular flexibility index (Phi) is 3.63. The molecule has 0 radical (unpaired) electrons. The highest BCUT2D eigenvalue weighted by Crippen LogP contribution is 2.25. The minimum absolute atomic E-state index is 0.766. The molecule has 4 nitrogen and oxygen atoms in total. The summed E-state index contributed by atoms with van der Waals surface area (Å²) in [5, 5.41) is 17.8. The largest absolute Gasteiger partial charge is 0.384 e. The molecular formula is C10H19N3O. The van der Waals surface area contributed by atoms with E-state index < -0.39 is 5.60 Å². The van der Waals surface area contributed by atoms with E-state index in [0.717, 1.165) is 25.0 Å². The monoisotopic (exact) mass is 197 g/mol. The Hall–Kier alpha value is -0.900. The van der Waals surface area contributed by atoms with Gasteiger partial charge in [0.1, 0.15) is 5.60 Å². The van der Waals surface area contributed by atoms with E-state index in [1.807, 2.05) is 6.92 Å². The molecule has 1 N–H and O–H groups in total. The average molecular weight is 197 g/mol. The molecule has 4 heteroatoms. The minimum Gasteiger partial charge on any atom is -0.384 e. The van der Waals surface area contributed by atoms with Crippen molar-refractivity contribution in [2.24, 2.45) is 7.05 Å². The first kappa shape index (κ1) is 11.2. The van der Waals surface area contributed by atoms with E-state index in [-0.39, 0.29) is 0 Å². The van der Waals surface area contributed by atoms with Crippen molar-refractivity contribution in [3.05, 3.63) is 11.9 Å². The van der Waals surface area contributed by atoms with Gasteiger partial charge in [-0.1, -0.05) is 31.4 Å². The van der Waals surface area contributed by atoms with Gasteiger partial charge in [-0.15, -0.1) is 5.10 Å². The van der Waals surface area contributed by atoms with Crippen molar-refractivity contribution >= 4 is 0 Å². The molecule has 0 amide bonds. The van der Waals surface area contributed by atoms with E-state index >= 15 is 0 Å². The van der Waals surface area contributed by atoms with E-state index in [1.54, 1.807) is 17.9 Å². The lowest BCUT2D eigenvalue weighted by Gasteiger charge is -2.22. The van der Waals surface area contributed by atoms with Crippen molar-refractivity contribution in [3.8, 4) is 0 Å². The van der Waals surface area contributed by atoms with Crippen LogP contribution in [-0.4, -0.2) is 20.1 Å². The molecule has 1 heterocycles. The Morgan fingerprint density at radius 2 is 2.21 bits per heavy atom. The van der Waals surface area contributed by atoms with Crippen LogP contribution < -0.4 is 0 Å². The number of hydrogen-bond acceptors (Lipinski definition) is 3. The molecule has 14 heavy (non-hydrogen) atoms. The van der Waals surface area contributed by atoms with E-state index in [1.165, 1.54) is 6.42 Å². The van der Waals surface area contributed by atoms with Crippen LogP contribution in [-0.2, 0) is 12.6 Å². The molecule has 0 aliphatic carbocycles. The summed E-state index contributed by atoms with van der Waals surface area (Å²) < 4.78 is 1.63. The van der Waals surface area contributed by atoms with Gasteiger partial charge in [0, 0.05) is 7.05 Å². The summed E-state index contributed by atoms with van der Waals surface area (Å²) in [6, 6.07) is 0. The third kappa shape index (κ3) is 2.54. The van der Waals surface area contributed by atoms with Gasteiger partial charge in [0.2, 0.25) is 0 Å². The molecule has 0 aliphatic rings. The van der Waals surface area contributed by atoms with Gasteiger partial charge >= 0.3 is 0 Å². The highest BCUT2D eigenvalue weighted by Gasteiger charge is 2.26. The first-order valence-electron chi connectivity index (χ1n) is 5.15. The van der Waals surface area contributed by atoms with Crippen LogP contribution in [0.15, 0.2) is 6.20 Å². The van der Waals surface area contributed by atoms with Gasteiger partial charge in [-0.05, 0) is 13.3 Å². The topological polar surface area (TPSA) is 50.9 Å². The van der Waals surface area contributed by atoms with Crippen LogP contribution in [0.2, 0.25) is 0 Å². The lowest BCUT2D eigenvalue weighted by molar-refractivity contribution is 0.0367. The molecule has 1 rings (SSSR count). The Morgan fingerprint density at radius 3 is 2.71 bits per heavy atom. The summed E-state index contributed by atoms with van der Waals surface area (Å²) in [6.07, 6.45) is 5.75. The van der Waals surface area contributed by atoms with E-state index in [0.29, 0.717) is 0 Å². The van der Waals surface area contributed by atoms with Crippen molar-refractivity contribution in [1.29, 1.82) is 0 Å². The van der Waals surface area contributed by atoms with Gasteiger partial charge in [-0.25, -0.2) is 4.68 Å². The summed E-state index contributed by atoms with van der Waals surface area (Å²) in [5.41, 5.74) is -0.0125. The molecular weight excluding hydrogens is 178 g/mol. The van der Waals surface area contributed by atoms with Gasteiger partial charge in [0.25, 0.3) is 0 Å². The van der Waals surface area contributed by atoms with Crippen molar-refractivity contribution in [3.63, 3.8) is 0 Å². The highest BCUT2D eigenvalue weighted by atomic mass is 16.3. The third-order valence-electron chi connectivity index (χ3n) is 2.53. The van der Waals surface area contributed by atoms with Crippen molar-refractivity contribution < 1.29 is 5.11 Å². The fraction of sp³-hybridized carbons (Fsp3) is 0.800. The van der Waals surface area contributed by atoms with Gasteiger partial charge in [-0.2, -0.15) is 0 Å². The zero-order valence-corrected chi connectivity index (χ0v) is 9.19. The Morgan fingerprint density at radius 1 is 1.50 bits per heavy atom. The molecule has 1 aromatic heterocycles. The van der Waals surface area contributed by atoms with Crippen LogP contribution in [0, 0.1) is 0 Å². The molecule has 0 fully saturated rings. The predicted molar refractivity (Wildman–Crippen MR) is 54.7 cm³/mol. The first-order chi connectivity index (χ1) is 6.58. The van der Waals surface area contributed by atoms with Crippen molar-refractivity contribution in [2.75, 3.05) is 0 Å². The number of aromatic nitrogens is 3. The second-order valence-electron chi connectivity index (χ2n) is 3.97. The molecule has 80 valence electrons. The summed E-state index contributed by atoms with van der Waals surface area (Å²) in [5.74, 6) is 0. The molecule has 0 aromatic carbocycles. The Balaban J connectivity index is 2.61. The quantitative estimate of drug-likeness (QED) is 0.729. The van der Waals surface area contributed by atoms with Gasteiger partial charge in [0.05, 0.1) is 11.9 Å². The van der Waals surface area contributed by atoms with E-state index in [2.05, 4.69) is 17.2 Å². The zero-order valence-electron chi connectivity index (χ0n) is 9.19. The maximum atomic E-state index is 10.2. The maximum absolute atomic E-state index is 10.2. The molecule has 0 saturated carbocycles. The molecule has 0 bridgehead atoms. The Labute approximate surface area is 84.9 Å². The van der Waals surface area contributed by atoms with Crippen LogP contribution in [0.1, 0.15) is 45.2 Å². The molecule has 1 unspecified atom stereocenters. The van der Waals surface area contributed by atoms with Crippen LogP contribution in [0.3, 0.4) is 0 Å². The second kappa shape index (κ2) is 4.55. The summed E-state index contributed by atoms with van der Waals surface area (Å²) in [4.78, 5) is 0. The number of nitrogens with zero attached hydrogens (tertiary/aromatic N) is 3. The summed E-state index contributed by atoms with van der Waals surface area (Å²) in [6.45, 7) is 3.97. The standard InChI is InChI=1S/C10H19N3O/c1-4-5-6-7-10(2,14)9-8-11-12-13(9)3/h8,14H,4-7H2,1-3H3. The van der Waals surface area contributed by atoms with Crippen molar-refractivity contribution in [2.45, 2.75) is 45.1 Å². The smallest absolute Gasteiger partial charge is 0.105 e. The zero-order chi connectivity index (χ0) is 10.6. The normalized spacial score (nSPS) is 15.4. The van der Waals surface area contributed by atoms with Gasteiger partial charge < -0.3 is 5.11 Å². The van der Waals surface area contributed by atoms with Crippen LogP contribution in [0.4, 0.5) is 0 Å². The van der Waals surface area contributed by atoms with E-state index in [9.17, 15) is 5.11 Å². The number of hydrogen-bond donors (Lipinski definition) is 1. The Bertz CT molecular complexity index is 281. The fourth-order valence-electron chi connectivity index (χ4n) is 1.62. The van der Waals surface area contributed by atoms with Crippen molar-refractivity contribution in [1.82, 2.24) is 15.0 Å². The van der Waals surface area contributed by atoms with E-state index in [4.69, 9.17) is 0 Å². The molecule has 1 aromatic rings. The number of unbranched alkanes of at least 4 members (excludes halogenated alkanes) is 2. The highest BCUT2D eigenvalue weighted by molar-refractivity contribution is 5.05. The molecule has 0 spiro atoms. The summed E-state index contributed by atoms with van der Waals surface area (Å²) in [7, 11) is 1.80. The lowest BCUT2D eigenvalue weighted by Crippen LogP contribution is -2.24. The SMILES string of the molecule is CCCCCC(C)(O)c1cnnn1C. The van der Waals surface area contributed by atoms with Crippen LogP contribution in [0.5, 0.6) is 0 Å². The average Bonchev–Trinajstić information content (AvgIpc) is 2.52. The molecule has 0 aliphatic heterocycles. The molecule has 1 atom stereocenters.